The zero-order valence-electron chi connectivity index (χ0n) is 15.1. The van der Waals surface area contributed by atoms with Gasteiger partial charge in [-0.05, 0) is 43.9 Å². The van der Waals surface area contributed by atoms with Crippen molar-refractivity contribution < 1.29 is 9.59 Å². The van der Waals surface area contributed by atoms with E-state index in [1.807, 2.05) is 59.2 Å². The van der Waals surface area contributed by atoms with Crippen molar-refractivity contribution >= 4 is 23.2 Å². The average Bonchev–Trinajstić information content (AvgIpc) is 3.47. The molecule has 2 amide bonds. The molecule has 1 saturated carbocycles. The Hall–Kier alpha value is -2.62. The second-order valence-corrected chi connectivity index (χ2v) is 7.32. The fraction of sp³-hybridized carbons (Fsp3) is 0.364. The monoisotopic (exact) mass is 348 g/mol. The molecule has 1 fully saturated rings. The lowest BCUT2D eigenvalue weighted by molar-refractivity contribution is -0.120. The van der Waals surface area contributed by atoms with Gasteiger partial charge in [-0.15, -0.1) is 0 Å². The van der Waals surface area contributed by atoms with Crippen molar-refractivity contribution in [2.45, 2.75) is 32.6 Å². The molecule has 0 N–H and O–H groups in total. The molecule has 0 aromatic heterocycles. The smallest absolute Gasteiger partial charge is 0.231 e. The van der Waals surface area contributed by atoms with Crippen molar-refractivity contribution in [3.8, 4) is 0 Å². The highest BCUT2D eigenvalue weighted by atomic mass is 16.2. The van der Waals surface area contributed by atoms with Gasteiger partial charge in [-0.2, -0.15) is 0 Å². The SMILES string of the molecule is Cc1cccc(CC(=O)N2CCCN(C(=O)C3CC3)c3ccccc32)c1. The quantitative estimate of drug-likeness (QED) is 0.848. The maximum Gasteiger partial charge on any atom is 0.231 e. The topological polar surface area (TPSA) is 40.6 Å². The fourth-order valence-corrected chi connectivity index (χ4v) is 3.68. The maximum absolute atomic E-state index is 13.0. The molecule has 0 radical (unpaired) electrons. The Labute approximate surface area is 154 Å². The first-order valence-electron chi connectivity index (χ1n) is 9.40. The van der Waals surface area contributed by atoms with Crippen molar-refractivity contribution in [2.24, 2.45) is 5.92 Å². The summed E-state index contributed by atoms with van der Waals surface area (Å²) in [4.78, 5) is 29.5. The number of carbonyl (C=O) groups is 2. The number of nitrogens with zero attached hydrogens (tertiary/aromatic N) is 2. The third-order valence-electron chi connectivity index (χ3n) is 5.16. The summed E-state index contributed by atoms with van der Waals surface area (Å²) in [7, 11) is 0. The summed E-state index contributed by atoms with van der Waals surface area (Å²) < 4.78 is 0. The summed E-state index contributed by atoms with van der Waals surface area (Å²) in [6.45, 7) is 3.37. The minimum Gasteiger partial charge on any atom is -0.310 e. The first-order valence-corrected chi connectivity index (χ1v) is 9.40. The van der Waals surface area contributed by atoms with E-state index in [4.69, 9.17) is 0 Å². The molecule has 1 aliphatic carbocycles. The third kappa shape index (κ3) is 3.36. The summed E-state index contributed by atoms with van der Waals surface area (Å²) in [5, 5.41) is 0. The van der Waals surface area contributed by atoms with Crippen LogP contribution in [0, 0.1) is 12.8 Å². The van der Waals surface area contributed by atoms with Crippen LogP contribution in [-0.2, 0) is 16.0 Å². The lowest BCUT2D eigenvalue weighted by Crippen LogP contribution is -2.33. The summed E-state index contributed by atoms with van der Waals surface area (Å²) in [5.41, 5.74) is 3.92. The van der Waals surface area contributed by atoms with Gasteiger partial charge in [-0.25, -0.2) is 0 Å². The van der Waals surface area contributed by atoms with Crippen molar-refractivity contribution in [1.82, 2.24) is 0 Å². The fourth-order valence-electron chi connectivity index (χ4n) is 3.68. The molecule has 26 heavy (non-hydrogen) atoms. The Morgan fingerprint density at radius 2 is 1.65 bits per heavy atom. The van der Waals surface area contributed by atoms with Crippen molar-refractivity contribution in [3.63, 3.8) is 0 Å². The number of carbonyl (C=O) groups excluding carboxylic acids is 2. The van der Waals surface area contributed by atoms with Gasteiger partial charge in [-0.3, -0.25) is 9.59 Å². The van der Waals surface area contributed by atoms with E-state index in [2.05, 4.69) is 6.07 Å². The van der Waals surface area contributed by atoms with Crippen LogP contribution in [-0.4, -0.2) is 24.9 Å². The van der Waals surface area contributed by atoms with Gasteiger partial charge < -0.3 is 9.80 Å². The first-order chi connectivity index (χ1) is 12.6. The Bertz CT molecular complexity index is 842. The van der Waals surface area contributed by atoms with Gasteiger partial charge in [0.25, 0.3) is 0 Å². The van der Waals surface area contributed by atoms with Crippen LogP contribution in [0.15, 0.2) is 48.5 Å². The molecule has 4 rings (SSSR count). The van der Waals surface area contributed by atoms with E-state index in [1.165, 1.54) is 0 Å². The van der Waals surface area contributed by atoms with Gasteiger partial charge in [0.05, 0.1) is 17.8 Å². The number of rotatable bonds is 3. The molecule has 1 heterocycles. The minimum atomic E-state index is 0.0868. The zero-order chi connectivity index (χ0) is 18.1. The summed E-state index contributed by atoms with van der Waals surface area (Å²) in [6.07, 6.45) is 3.17. The molecule has 4 nitrogen and oxygen atoms in total. The van der Waals surface area contributed by atoms with Gasteiger partial charge in [-0.1, -0.05) is 42.0 Å². The van der Waals surface area contributed by atoms with Gasteiger partial charge in [0.2, 0.25) is 11.8 Å². The molecule has 1 aliphatic heterocycles. The zero-order valence-corrected chi connectivity index (χ0v) is 15.1. The van der Waals surface area contributed by atoms with Crippen molar-refractivity contribution in [2.75, 3.05) is 22.9 Å². The van der Waals surface area contributed by atoms with Crippen LogP contribution in [0.4, 0.5) is 11.4 Å². The van der Waals surface area contributed by atoms with Crippen LogP contribution in [0.3, 0.4) is 0 Å². The number of amides is 2. The second kappa shape index (κ2) is 6.94. The highest BCUT2D eigenvalue weighted by Crippen LogP contribution is 2.38. The Morgan fingerprint density at radius 3 is 2.35 bits per heavy atom. The number of fused-ring (bicyclic) bond motifs is 1. The molecule has 2 aliphatic rings. The van der Waals surface area contributed by atoms with E-state index in [-0.39, 0.29) is 17.7 Å². The maximum atomic E-state index is 13.0. The van der Waals surface area contributed by atoms with E-state index in [1.54, 1.807) is 0 Å². The average molecular weight is 348 g/mol. The molecule has 134 valence electrons. The number of anilines is 2. The number of para-hydroxylation sites is 2. The van der Waals surface area contributed by atoms with Crippen LogP contribution >= 0.6 is 0 Å². The molecule has 2 aromatic rings. The van der Waals surface area contributed by atoms with Gasteiger partial charge in [0.1, 0.15) is 0 Å². The molecule has 0 unspecified atom stereocenters. The lowest BCUT2D eigenvalue weighted by atomic mass is 10.1. The van der Waals surface area contributed by atoms with Crippen LogP contribution in [0.1, 0.15) is 30.4 Å². The Kier molecular flexibility index (Phi) is 4.49. The van der Waals surface area contributed by atoms with E-state index in [0.717, 1.165) is 41.8 Å². The van der Waals surface area contributed by atoms with Crippen LogP contribution in [0.25, 0.3) is 0 Å². The van der Waals surface area contributed by atoms with Crippen LogP contribution < -0.4 is 9.80 Å². The minimum absolute atomic E-state index is 0.0868. The molecular weight excluding hydrogens is 324 g/mol. The van der Waals surface area contributed by atoms with E-state index in [0.29, 0.717) is 19.5 Å². The van der Waals surface area contributed by atoms with Gasteiger partial charge >= 0.3 is 0 Å². The number of hydrogen-bond acceptors (Lipinski definition) is 2. The molecular formula is C22H24N2O2. The van der Waals surface area contributed by atoms with Gasteiger partial charge in [0.15, 0.2) is 0 Å². The first kappa shape index (κ1) is 16.8. The molecule has 2 aromatic carbocycles. The normalized spacial score (nSPS) is 16.8. The number of hydrogen-bond donors (Lipinski definition) is 0. The number of benzene rings is 2. The molecule has 0 atom stereocenters. The van der Waals surface area contributed by atoms with Crippen molar-refractivity contribution in [3.05, 3.63) is 59.7 Å². The second-order valence-electron chi connectivity index (χ2n) is 7.32. The lowest BCUT2D eigenvalue weighted by Gasteiger charge is -2.25. The Balaban J connectivity index is 1.62. The largest absolute Gasteiger partial charge is 0.310 e. The predicted octanol–water partition coefficient (Wildman–Crippen LogP) is 3.72. The van der Waals surface area contributed by atoms with Crippen molar-refractivity contribution in [1.29, 1.82) is 0 Å². The summed E-state index contributed by atoms with van der Waals surface area (Å²) in [5.74, 6) is 0.479. The third-order valence-corrected chi connectivity index (χ3v) is 5.16. The molecule has 0 bridgehead atoms. The molecule has 4 heteroatoms. The highest BCUT2D eigenvalue weighted by molar-refractivity contribution is 6.04. The predicted molar refractivity (Wildman–Crippen MR) is 103 cm³/mol. The van der Waals surface area contributed by atoms with Gasteiger partial charge in [0, 0.05) is 19.0 Å². The van der Waals surface area contributed by atoms with Crippen LogP contribution in [0.5, 0.6) is 0 Å². The summed E-state index contributed by atoms with van der Waals surface area (Å²) in [6, 6.07) is 15.9. The van der Waals surface area contributed by atoms with E-state index >= 15 is 0 Å². The standard InChI is InChI=1S/C22H24N2O2/c1-16-6-4-7-17(14-16)15-21(25)23-12-5-13-24(22(26)18-10-11-18)20-9-3-2-8-19(20)23/h2-4,6-9,14,18H,5,10-13,15H2,1H3. The molecule has 0 spiro atoms. The van der Waals surface area contributed by atoms with E-state index in [9.17, 15) is 9.59 Å². The molecule has 0 saturated heterocycles. The van der Waals surface area contributed by atoms with E-state index < -0.39 is 0 Å². The summed E-state index contributed by atoms with van der Waals surface area (Å²) >= 11 is 0. The van der Waals surface area contributed by atoms with Crippen LogP contribution in [0.2, 0.25) is 0 Å². The Morgan fingerprint density at radius 1 is 0.962 bits per heavy atom. The number of aryl methyl sites for hydroxylation is 1. The highest BCUT2D eigenvalue weighted by Gasteiger charge is 2.36.